The lowest BCUT2D eigenvalue weighted by molar-refractivity contribution is -0.132. The molecule has 1 amide bonds. The van der Waals surface area contributed by atoms with E-state index in [-0.39, 0.29) is 24.5 Å². The molecule has 0 aliphatic carbocycles. The van der Waals surface area contributed by atoms with Gasteiger partial charge in [0.2, 0.25) is 5.91 Å². The number of nitrogens with zero attached hydrogens (tertiary/aromatic N) is 1. The molecule has 5 nitrogen and oxygen atoms in total. The summed E-state index contributed by atoms with van der Waals surface area (Å²) in [5.74, 6) is 1.34. The molecule has 1 aromatic rings. The first kappa shape index (κ1) is 17.5. The van der Waals surface area contributed by atoms with Crippen LogP contribution in [-0.2, 0) is 4.79 Å². The first-order valence-corrected chi connectivity index (χ1v) is 8.23. The van der Waals surface area contributed by atoms with Crippen LogP contribution in [0.3, 0.4) is 0 Å². The van der Waals surface area contributed by atoms with Gasteiger partial charge in [0.1, 0.15) is 5.75 Å². The number of benzene rings is 1. The number of methoxy groups -OCH3 is 1. The number of Topliss-reactive ketones (excluding diaryl/α,β-unsaturated/α-hetero) is 1. The van der Waals surface area contributed by atoms with Crippen molar-refractivity contribution in [2.24, 2.45) is 5.92 Å². The number of hydrogen-bond donors (Lipinski definition) is 1. The third-order valence-corrected chi connectivity index (χ3v) is 4.34. The van der Waals surface area contributed by atoms with Crippen molar-refractivity contribution in [3.63, 3.8) is 0 Å². The summed E-state index contributed by atoms with van der Waals surface area (Å²) in [6, 6.07) is 7.02. The van der Waals surface area contributed by atoms with E-state index in [1.54, 1.807) is 31.4 Å². The van der Waals surface area contributed by atoms with E-state index in [1.807, 2.05) is 11.9 Å². The SMILES string of the molecule is CNCC1CCCN(C(=O)CCC(=O)c2ccc(OC)cc2)C1. The predicted octanol–water partition coefficient (Wildman–Crippen LogP) is 2.12. The maximum atomic E-state index is 12.3. The lowest BCUT2D eigenvalue weighted by Gasteiger charge is -2.32. The van der Waals surface area contributed by atoms with Gasteiger partial charge in [-0.15, -0.1) is 0 Å². The fraction of sp³-hybridized carbons (Fsp3) is 0.556. The van der Waals surface area contributed by atoms with E-state index in [2.05, 4.69) is 5.32 Å². The van der Waals surface area contributed by atoms with Crippen molar-refractivity contribution in [2.45, 2.75) is 25.7 Å². The molecular weight excluding hydrogens is 292 g/mol. The smallest absolute Gasteiger partial charge is 0.223 e. The van der Waals surface area contributed by atoms with Gasteiger partial charge in [-0.1, -0.05) is 0 Å². The minimum atomic E-state index is 0.00443. The van der Waals surface area contributed by atoms with Gasteiger partial charge >= 0.3 is 0 Å². The van der Waals surface area contributed by atoms with Crippen LogP contribution in [0.1, 0.15) is 36.0 Å². The second-order valence-electron chi connectivity index (χ2n) is 6.06. The number of piperidine rings is 1. The van der Waals surface area contributed by atoms with Crippen molar-refractivity contribution >= 4 is 11.7 Å². The molecule has 1 aliphatic heterocycles. The van der Waals surface area contributed by atoms with Crippen molar-refractivity contribution in [1.82, 2.24) is 10.2 Å². The molecule has 1 aliphatic rings. The quantitative estimate of drug-likeness (QED) is 0.782. The number of ketones is 1. The first-order chi connectivity index (χ1) is 11.1. The normalized spacial score (nSPS) is 17.8. The number of rotatable bonds is 7. The summed E-state index contributed by atoms with van der Waals surface area (Å²) in [4.78, 5) is 26.4. The molecule has 0 spiro atoms. The number of hydrogen-bond acceptors (Lipinski definition) is 4. The lowest BCUT2D eigenvalue weighted by Crippen LogP contribution is -2.42. The lowest BCUT2D eigenvalue weighted by atomic mass is 9.97. The van der Waals surface area contributed by atoms with Crippen molar-refractivity contribution in [3.05, 3.63) is 29.8 Å². The summed E-state index contributed by atoms with van der Waals surface area (Å²) in [6.45, 7) is 2.56. The fourth-order valence-electron chi connectivity index (χ4n) is 3.05. The molecule has 1 N–H and O–H groups in total. The van der Waals surface area contributed by atoms with Crippen LogP contribution in [-0.4, -0.2) is 50.4 Å². The summed E-state index contributed by atoms with van der Waals surface area (Å²) >= 11 is 0. The summed E-state index contributed by atoms with van der Waals surface area (Å²) in [5.41, 5.74) is 0.630. The highest BCUT2D eigenvalue weighted by Crippen LogP contribution is 2.18. The van der Waals surface area contributed by atoms with Gasteiger partial charge in [0.25, 0.3) is 0 Å². The molecule has 5 heteroatoms. The minimum absolute atomic E-state index is 0.00443. The molecule has 0 saturated carbocycles. The number of carbonyl (C=O) groups excluding carboxylic acids is 2. The highest BCUT2D eigenvalue weighted by atomic mass is 16.5. The average molecular weight is 318 g/mol. The summed E-state index contributed by atoms with van der Waals surface area (Å²) < 4.78 is 5.08. The van der Waals surface area contributed by atoms with Gasteiger partial charge in [-0.05, 0) is 56.6 Å². The Bertz CT molecular complexity index is 526. The molecular formula is C18H26N2O3. The van der Waals surface area contributed by atoms with Gasteiger partial charge in [0.15, 0.2) is 5.78 Å². The van der Waals surface area contributed by atoms with Crippen molar-refractivity contribution in [1.29, 1.82) is 0 Å². The summed E-state index contributed by atoms with van der Waals surface area (Å²) in [5, 5.41) is 3.18. The van der Waals surface area contributed by atoms with Crippen LogP contribution in [0, 0.1) is 5.92 Å². The van der Waals surface area contributed by atoms with Gasteiger partial charge in [-0.2, -0.15) is 0 Å². The number of carbonyl (C=O) groups is 2. The number of ether oxygens (including phenoxy) is 1. The zero-order valence-electron chi connectivity index (χ0n) is 14.0. The van der Waals surface area contributed by atoms with Crippen LogP contribution >= 0.6 is 0 Å². The Balaban J connectivity index is 1.82. The predicted molar refractivity (Wildman–Crippen MR) is 89.8 cm³/mol. The zero-order chi connectivity index (χ0) is 16.7. The highest BCUT2D eigenvalue weighted by Gasteiger charge is 2.23. The van der Waals surface area contributed by atoms with Crippen molar-refractivity contribution in [3.8, 4) is 5.75 Å². The number of likely N-dealkylation sites (tertiary alicyclic amines) is 1. The number of amides is 1. The topological polar surface area (TPSA) is 58.6 Å². The standard InChI is InChI=1S/C18H26N2O3/c1-19-12-14-4-3-11-20(13-14)18(22)10-9-17(21)15-5-7-16(23-2)8-6-15/h5-8,14,19H,3-4,9-13H2,1-2H3. The van der Waals surface area contributed by atoms with E-state index < -0.39 is 0 Å². The minimum Gasteiger partial charge on any atom is -0.497 e. The first-order valence-electron chi connectivity index (χ1n) is 8.23. The Morgan fingerprint density at radius 3 is 2.65 bits per heavy atom. The monoisotopic (exact) mass is 318 g/mol. The zero-order valence-corrected chi connectivity index (χ0v) is 14.0. The van der Waals surface area contributed by atoms with E-state index in [1.165, 1.54) is 0 Å². The third-order valence-electron chi connectivity index (χ3n) is 4.34. The maximum Gasteiger partial charge on any atom is 0.223 e. The largest absolute Gasteiger partial charge is 0.497 e. The van der Waals surface area contributed by atoms with E-state index in [9.17, 15) is 9.59 Å². The van der Waals surface area contributed by atoms with E-state index in [4.69, 9.17) is 4.74 Å². The van der Waals surface area contributed by atoms with Gasteiger partial charge in [-0.25, -0.2) is 0 Å². The molecule has 0 bridgehead atoms. The summed E-state index contributed by atoms with van der Waals surface area (Å²) in [7, 11) is 3.53. The molecule has 1 aromatic carbocycles. The number of nitrogens with one attached hydrogen (secondary N) is 1. The van der Waals surface area contributed by atoms with Crippen LogP contribution in [0.4, 0.5) is 0 Å². The van der Waals surface area contributed by atoms with Crippen LogP contribution in [0.15, 0.2) is 24.3 Å². The van der Waals surface area contributed by atoms with E-state index >= 15 is 0 Å². The van der Waals surface area contributed by atoms with Crippen molar-refractivity contribution < 1.29 is 14.3 Å². The second kappa shape index (κ2) is 8.67. The Labute approximate surface area is 138 Å². The van der Waals surface area contributed by atoms with Gasteiger partial charge in [0.05, 0.1) is 7.11 Å². The van der Waals surface area contributed by atoms with E-state index in [0.29, 0.717) is 11.5 Å². The van der Waals surface area contributed by atoms with Crippen LogP contribution < -0.4 is 10.1 Å². The molecule has 1 fully saturated rings. The maximum absolute atomic E-state index is 12.3. The highest BCUT2D eigenvalue weighted by molar-refractivity contribution is 5.98. The van der Waals surface area contributed by atoms with Crippen LogP contribution in [0.25, 0.3) is 0 Å². The van der Waals surface area contributed by atoms with Gasteiger partial charge < -0.3 is 15.0 Å². The molecule has 1 atom stereocenters. The second-order valence-corrected chi connectivity index (χ2v) is 6.06. The van der Waals surface area contributed by atoms with Gasteiger partial charge in [-0.3, -0.25) is 9.59 Å². The Morgan fingerprint density at radius 2 is 2.00 bits per heavy atom. The molecule has 2 rings (SSSR count). The molecule has 23 heavy (non-hydrogen) atoms. The summed E-state index contributed by atoms with van der Waals surface area (Å²) in [6.07, 6.45) is 2.76. The molecule has 1 unspecified atom stereocenters. The van der Waals surface area contributed by atoms with Crippen LogP contribution in [0.2, 0.25) is 0 Å². The molecule has 0 radical (unpaired) electrons. The molecule has 1 heterocycles. The van der Waals surface area contributed by atoms with Crippen LogP contribution in [0.5, 0.6) is 5.75 Å². The van der Waals surface area contributed by atoms with E-state index in [0.717, 1.165) is 38.2 Å². The Kier molecular flexibility index (Phi) is 6.59. The Morgan fingerprint density at radius 1 is 1.26 bits per heavy atom. The molecule has 1 saturated heterocycles. The third kappa shape index (κ3) is 5.06. The Hall–Kier alpha value is -1.88. The van der Waals surface area contributed by atoms with Gasteiger partial charge in [0, 0.05) is 31.5 Å². The average Bonchev–Trinajstić information content (AvgIpc) is 2.60. The molecule has 126 valence electrons. The molecule has 0 aromatic heterocycles. The van der Waals surface area contributed by atoms with Crippen molar-refractivity contribution in [2.75, 3.05) is 33.8 Å². The fourth-order valence-corrected chi connectivity index (χ4v) is 3.05.